The molecule has 1 unspecified atom stereocenters. The van der Waals surface area contributed by atoms with Gasteiger partial charge in [-0.2, -0.15) is 5.10 Å². The van der Waals surface area contributed by atoms with Crippen molar-refractivity contribution in [3.8, 4) is 11.3 Å². The highest BCUT2D eigenvalue weighted by molar-refractivity contribution is 7.19. The first-order chi connectivity index (χ1) is 13.7. The van der Waals surface area contributed by atoms with E-state index >= 15 is 0 Å². The summed E-state index contributed by atoms with van der Waals surface area (Å²) in [5.41, 5.74) is 9.64. The molecule has 8 nitrogen and oxygen atoms in total. The Bertz CT molecular complexity index is 1170. The number of anilines is 1. The molecule has 1 saturated heterocycles. The first-order valence-corrected chi connectivity index (χ1v) is 9.88. The fourth-order valence-electron chi connectivity index (χ4n) is 3.26. The summed E-state index contributed by atoms with van der Waals surface area (Å²) in [5.74, 6) is 0.365. The maximum atomic E-state index is 11.9. The van der Waals surface area contributed by atoms with Gasteiger partial charge in [0.05, 0.1) is 27.5 Å². The largest absolute Gasteiger partial charge is 0.382 e. The molecule has 4 N–H and O–H groups in total. The third-order valence-electron chi connectivity index (χ3n) is 4.84. The number of nitrogen functional groups attached to an aromatic ring is 1. The molecule has 9 heteroatoms. The molecule has 0 spiro atoms. The number of amides is 1. The number of hydrogen-bond donors (Lipinski definition) is 3. The molecule has 142 valence electrons. The van der Waals surface area contributed by atoms with Crippen LogP contribution in [0.4, 0.5) is 5.82 Å². The van der Waals surface area contributed by atoms with Crippen LogP contribution in [0.2, 0.25) is 0 Å². The summed E-state index contributed by atoms with van der Waals surface area (Å²) in [6, 6.07) is 7.98. The van der Waals surface area contributed by atoms with Crippen molar-refractivity contribution >= 4 is 44.2 Å². The van der Waals surface area contributed by atoms with E-state index in [1.165, 1.54) is 0 Å². The van der Waals surface area contributed by atoms with Gasteiger partial charge in [-0.15, -0.1) is 11.3 Å². The smallest absolute Gasteiger partial charge is 0.249 e. The highest BCUT2D eigenvalue weighted by Crippen LogP contribution is 2.34. The summed E-state index contributed by atoms with van der Waals surface area (Å²) in [7, 11) is 0. The third-order valence-corrected chi connectivity index (χ3v) is 5.99. The van der Waals surface area contributed by atoms with E-state index in [1.54, 1.807) is 17.5 Å². The molecule has 4 heterocycles. The Morgan fingerprint density at radius 2 is 2.25 bits per heavy atom. The van der Waals surface area contributed by atoms with E-state index in [0.29, 0.717) is 25.4 Å². The van der Waals surface area contributed by atoms with E-state index in [-0.39, 0.29) is 12.0 Å². The zero-order chi connectivity index (χ0) is 19.1. The predicted molar refractivity (Wildman–Crippen MR) is 108 cm³/mol. The lowest BCUT2D eigenvalue weighted by Gasteiger charge is -2.24. The van der Waals surface area contributed by atoms with Crippen LogP contribution in [-0.4, -0.2) is 45.3 Å². The summed E-state index contributed by atoms with van der Waals surface area (Å²) in [5, 5.41) is 11.8. The van der Waals surface area contributed by atoms with Crippen LogP contribution in [0.5, 0.6) is 0 Å². The average Bonchev–Trinajstić information content (AvgIpc) is 3.30. The minimum atomic E-state index is -0.289. The van der Waals surface area contributed by atoms with Gasteiger partial charge in [-0.05, 0) is 12.1 Å². The number of benzene rings is 1. The normalized spacial score (nSPS) is 16.4. The first kappa shape index (κ1) is 17.1. The van der Waals surface area contributed by atoms with Gasteiger partial charge in [0.2, 0.25) is 5.91 Å². The van der Waals surface area contributed by atoms with Crippen molar-refractivity contribution in [3.05, 3.63) is 35.5 Å². The van der Waals surface area contributed by atoms with Gasteiger partial charge in [0.1, 0.15) is 11.6 Å². The van der Waals surface area contributed by atoms with Crippen LogP contribution in [0.1, 0.15) is 11.4 Å². The summed E-state index contributed by atoms with van der Waals surface area (Å²) >= 11 is 1.59. The number of hydrogen-bond acceptors (Lipinski definition) is 7. The van der Waals surface area contributed by atoms with Gasteiger partial charge < -0.3 is 15.8 Å². The van der Waals surface area contributed by atoms with Crippen LogP contribution >= 0.6 is 11.3 Å². The van der Waals surface area contributed by atoms with E-state index in [2.05, 4.69) is 25.5 Å². The average molecular weight is 394 g/mol. The maximum Gasteiger partial charge on any atom is 0.249 e. The van der Waals surface area contributed by atoms with Crippen LogP contribution in [0.25, 0.3) is 32.4 Å². The van der Waals surface area contributed by atoms with Crippen molar-refractivity contribution in [2.45, 2.75) is 18.9 Å². The van der Waals surface area contributed by atoms with Gasteiger partial charge in [-0.1, -0.05) is 12.1 Å². The second-order valence-corrected chi connectivity index (χ2v) is 7.76. The minimum absolute atomic E-state index is 0.0506. The van der Waals surface area contributed by atoms with Gasteiger partial charge in [-0.3, -0.25) is 9.89 Å². The lowest BCUT2D eigenvalue weighted by molar-refractivity contribution is -0.144. The van der Waals surface area contributed by atoms with Crippen molar-refractivity contribution < 1.29 is 9.53 Å². The van der Waals surface area contributed by atoms with Crippen molar-refractivity contribution in [1.29, 1.82) is 0 Å². The SMILES string of the molecule is Nc1nc2cc(-c3ccn[nH]3)ccc2c2sc(CCNC(=O)C3CCO3)nc12. The summed E-state index contributed by atoms with van der Waals surface area (Å²) < 4.78 is 6.20. The lowest BCUT2D eigenvalue weighted by atomic mass is 10.1. The van der Waals surface area contributed by atoms with E-state index in [0.717, 1.165) is 43.8 Å². The molecule has 3 aromatic heterocycles. The number of aromatic nitrogens is 4. The number of nitrogens with zero attached hydrogens (tertiary/aromatic N) is 3. The van der Waals surface area contributed by atoms with E-state index < -0.39 is 0 Å². The van der Waals surface area contributed by atoms with Crippen LogP contribution in [0.3, 0.4) is 0 Å². The molecular formula is C19H18N6O2S. The molecule has 0 saturated carbocycles. The number of nitrogens with two attached hydrogens (primary N) is 1. The van der Waals surface area contributed by atoms with Gasteiger partial charge in [0.25, 0.3) is 0 Å². The number of H-pyrrole nitrogens is 1. The molecular weight excluding hydrogens is 376 g/mol. The molecule has 0 radical (unpaired) electrons. The molecule has 0 aliphatic carbocycles. The summed E-state index contributed by atoms with van der Waals surface area (Å²) in [6.45, 7) is 1.19. The standard InChI is InChI=1S/C19H18N6O2S/c20-18-16-17(28-15(24-16)4-6-21-19(26)14-5-8-27-14)11-2-1-10(9-13(11)23-18)12-3-7-22-25-12/h1-3,7,9,14H,4-6,8H2,(H2,20,23)(H,21,26)(H,22,25). The Kier molecular flexibility index (Phi) is 4.18. The number of rotatable bonds is 5. The number of thiazole rings is 1. The molecule has 28 heavy (non-hydrogen) atoms. The first-order valence-electron chi connectivity index (χ1n) is 9.07. The maximum absolute atomic E-state index is 11.9. The zero-order valence-corrected chi connectivity index (χ0v) is 15.8. The third kappa shape index (κ3) is 2.98. The van der Waals surface area contributed by atoms with E-state index in [4.69, 9.17) is 10.5 Å². The van der Waals surface area contributed by atoms with Crippen molar-refractivity contribution in [1.82, 2.24) is 25.5 Å². The molecule has 1 aliphatic heterocycles. The topological polar surface area (TPSA) is 119 Å². The van der Waals surface area contributed by atoms with Gasteiger partial charge >= 0.3 is 0 Å². The van der Waals surface area contributed by atoms with E-state index in [9.17, 15) is 4.79 Å². The fraction of sp³-hybridized carbons (Fsp3) is 0.263. The Labute approximate surface area is 164 Å². The molecule has 1 aliphatic rings. The zero-order valence-electron chi connectivity index (χ0n) is 14.9. The number of ether oxygens (including phenoxy) is 1. The number of nitrogens with one attached hydrogen (secondary N) is 2. The monoisotopic (exact) mass is 394 g/mol. The molecule has 1 atom stereocenters. The van der Waals surface area contributed by atoms with Gasteiger partial charge in [-0.25, -0.2) is 9.97 Å². The Morgan fingerprint density at radius 1 is 1.36 bits per heavy atom. The van der Waals surface area contributed by atoms with Crippen LogP contribution in [0.15, 0.2) is 30.5 Å². The minimum Gasteiger partial charge on any atom is -0.382 e. The predicted octanol–water partition coefficient (Wildman–Crippen LogP) is 2.26. The highest BCUT2D eigenvalue weighted by Gasteiger charge is 2.25. The van der Waals surface area contributed by atoms with Crippen molar-refractivity contribution in [2.75, 3.05) is 18.9 Å². The molecule has 1 amide bonds. The molecule has 4 aromatic rings. The summed E-state index contributed by atoms with van der Waals surface area (Å²) in [6.07, 6.45) is 2.87. The number of aromatic amines is 1. The Morgan fingerprint density at radius 3 is 3.00 bits per heavy atom. The van der Waals surface area contributed by atoms with Crippen molar-refractivity contribution in [2.24, 2.45) is 0 Å². The molecule has 1 fully saturated rings. The molecule has 0 bridgehead atoms. The Balaban J connectivity index is 1.42. The highest BCUT2D eigenvalue weighted by atomic mass is 32.1. The van der Waals surface area contributed by atoms with Crippen molar-refractivity contribution in [3.63, 3.8) is 0 Å². The second-order valence-electron chi connectivity index (χ2n) is 6.67. The van der Waals surface area contributed by atoms with Crippen LogP contribution in [-0.2, 0) is 16.0 Å². The van der Waals surface area contributed by atoms with Gasteiger partial charge in [0, 0.05) is 36.5 Å². The lowest BCUT2D eigenvalue weighted by Crippen LogP contribution is -2.43. The second kappa shape index (κ2) is 6.84. The summed E-state index contributed by atoms with van der Waals surface area (Å²) in [4.78, 5) is 21.0. The van der Waals surface area contributed by atoms with Crippen LogP contribution < -0.4 is 11.1 Å². The quantitative estimate of drug-likeness (QED) is 0.478. The fourth-order valence-corrected chi connectivity index (χ4v) is 4.37. The van der Waals surface area contributed by atoms with E-state index in [1.807, 2.05) is 24.3 Å². The number of carbonyl (C=O) groups excluding carboxylic acids is 1. The Hall–Kier alpha value is -3.04. The number of pyridine rings is 1. The van der Waals surface area contributed by atoms with Crippen LogP contribution in [0, 0.1) is 0 Å². The molecule has 5 rings (SSSR count). The molecule has 1 aromatic carbocycles. The number of carbonyl (C=O) groups is 1. The number of fused-ring (bicyclic) bond motifs is 3. The van der Waals surface area contributed by atoms with Gasteiger partial charge in [0.15, 0.2) is 5.82 Å².